The second kappa shape index (κ2) is 6.69. The van der Waals surface area contributed by atoms with Crippen molar-refractivity contribution in [1.82, 2.24) is 4.90 Å². The maximum absolute atomic E-state index is 9.94. The number of phenols is 1. The zero-order valence-corrected chi connectivity index (χ0v) is 13.1. The van der Waals surface area contributed by atoms with Crippen LogP contribution in [0.1, 0.15) is 6.92 Å². The molecule has 1 aliphatic heterocycles. The number of rotatable bonds is 4. The van der Waals surface area contributed by atoms with E-state index in [1.165, 1.54) is 4.90 Å². The third-order valence-corrected chi connectivity index (χ3v) is 5.16. The van der Waals surface area contributed by atoms with Crippen LogP contribution in [0.15, 0.2) is 41.3 Å². The largest absolute Gasteiger partial charge is 0.507 e. The van der Waals surface area contributed by atoms with Crippen LogP contribution in [0.4, 0.5) is 0 Å². The molecule has 0 aromatic heterocycles. The minimum absolute atomic E-state index is 0.288. The first kappa shape index (κ1) is 14.7. The van der Waals surface area contributed by atoms with Crippen molar-refractivity contribution in [3.05, 3.63) is 36.4 Å². The van der Waals surface area contributed by atoms with E-state index in [1.807, 2.05) is 36.0 Å². The van der Waals surface area contributed by atoms with Crippen LogP contribution in [0, 0.1) is 0 Å². The summed E-state index contributed by atoms with van der Waals surface area (Å²) in [5.41, 5.74) is 0. The van der Waals surface area contributed by atoms with Crippen LogP contribution in [0.2, 0.25) is 0 Å². The van der Waals surface area contributed by atoms with Gasteiger partial charge in [-0.05, 0) is 24.1 Å². The highest BCUT2D eigenvalue weighted by atomic mass is 32.2. The van der Waals surface area contributed by atoms with Crippen molar-refractivity contribution >= 4 is 22.5 Å². The summed E-state index contributed by atoms with van der Waals surface area (Å²) in [5, 5.41) is 12.0. The minimum atomic E-state index is 0.288. The number of likely N-dealkylation sites (N-methyl/N-ethyl adjacent to an activating group) is 1. The summed E-state index contributed by atoms with van der Waals surface area (Å²) in [5.74, 6) is 1.30. The first-order valence-corrected chi connectivity index (χ1v) is 8.44. The predicted octanol–water partition coefficient (Wildman–Crippen LogP) is 3.36. The summed E-state index contributed by atoms with van der Waals surface area (Å²) in [6, 6.07) is 11.8. The number of aromatic hydroxyl groups is 1. The van der Waals surface area contributed by atoms with Gasteiger partial charge in [-0.25, -0.2) is 0 Å². The van der Waals surface area contributed by atoms with E-state index in [2.05, 4.69) is 17.9 Å². The SMILES string of the molecule is CCN1CCOC(CSc2ccc(O)c3ccccc23)C1. The van der Waals surface area contributed by atoms with Gasteiger partial charge in [0.25, 0.3) is 0 Å². The standard InChI is InChI=1S/C17H21NO2S/c1-2-18-9-10-20-13(11-18)12-21-17-8-7-16(19)14-5-3-4-6-15(14)17/h3-8,13,19H,2,9-12H2,1H3. The Morgan fingerprint density at radius 3 is 2.86 bits per heavy atom. The molecule has 0 amide bonds. The van der Waals surface area contributed by atoms with E-state index in [9.17, 15) is 5.11 Å². The molecule has 1 heterocycles. The van der Waals surface area contributed by atoms with E-state index in [0.29, 0.717) is 5.75 Å². The first-order chi connectivity index (χ1) is 10.3. The van der Waals surface area contributed by atoms with Crippen molar-refractivity contribution in [3.8, 4) is 5.75 Å². The predicted molar refractivity (Wildman–Crippen MR) is 88.2 cm³/mol. The first-order valence-electron chi connectivity index (χ1n) is 7.45. The van der Waals surface area contributed by atoms with Gasteiger partial charge in [0, 0.05) is 29.1 Å². The summed E-state index contributed by atoms with van der Waals surface area (Å²) in [6.07, 6.45) is 0.288. The lowest BCUT2D eigenvalue weighted by atomic mass is 10.1. The highest BCUT2D eigenvalue weighted by molar-refractivity contribution is 7.99. The van der Waals surface area contributed by atoms with Gasteiger partial charge in [0.1, 0.15) is 5.75 Å². The number of hydrogen-bond donors (Lipinski definition) is 1. The van der Waals surface area contributed by atoms with Crippen LogP contribution in [0.25, 0.3) is 10.8 Å². The molecule has 4 heteroatoms. The molecule has 21 heavy (non-hydrogen) atoms. The summed E-state index contributed by atoms with van der Waals surface area (Å²) >= 11 is 1.81. The topological polar surface area (TPSA) is 32.7 Å². The third kappa shape index (κ3) is 3.34. The average Bonchev–Trinajstić information content (AvgIpc) is 2.55. The number of phenolic OH excluding ortho intramolecular Hbond substituents is 1. The van der Waals surface area contributed by atoms with Gasteiger partial charge in [0.15, 0.2) is 0 Å². The Morgan fingerprint density at radius 2 is 2.05 bits per heavy atom. The quantitative estimate of drug-likeness (QED) is 0.878. The Balaban J connectivity index is 1.72. The Bertz CT molecular complexity index is 617. The van der Waals surface area contributed by atoms with Crippen molar-refractivity contribution in [3.63, 3.8) is 0 Å². The van der Waals surface area contributed by atoms with Gasteiger partial charge >= 0.3 is 0 Å². The highest BCUT2D eigenvalue weighted by Gasteiger charge is 2.19. The van der Waals surface area contributed by atoms with Gasteiger partial charge in [-0.3, -0.25) is 4.90 Å². The van der Waals surface area contributed by atoms with Crippen LogP contribution in [-0.2, 0) is 4.74 Å². The molecule has 1 fully saturated rings. The van der Waals surface area contributed by atoms with Gasteiger partial charge in [-0.2, -0.15) is 0 Å². The van der Waals surface area contributed by atoms with Gasteiger partial charge in [0.05, 0.1) is 12.7 Å². The lowest BCUT2D eigenvalue weighted by Gasteiger charge is -2.31. The van der Waals surface area contributed by atoms with Crippen molar-refractivity contribution in [1.29, 1.82) is 0 Å². The Labute approximate surface area is 129 Å². The molecule has 0 radical (unpaired) electrons. The fourth-order valence-electron chi connectivity index (χ4n) is 2.73. The average molecular weight is 303 g/mol. The number of morpholine rings is 1. The van der Waals surface area contributed by atoms with Crippen LogP contribution in [0.5, 0.6) is 5.75 Å². The van der Waals surface area contributed by atoms with E-state index < -0.39 is 0 Å². The summed E-state index contributed by atoms with van der Waals surface area (Å²) in [7, 11) is 0. The van der Waals surface area contributed by atoms with Crippen molar-refractivity contribution in [2.45, 2.75) is 17.9 Å². The molecule has 1 aliphatic rings. The maximum atomic E-state index is 9.94. The summed E-state index contributed by atoms with van der Waals surface area (Å²) < 4.78 is 5.86. The van der Waals surface area contributed by atoms with Crippen molar-refractivity contribution < 1.29 is 9.84 Å². The second-order valence-corrected chi connectivity index (χ2v) is 6.39. The molecular formula is C17H21NO2S. The van der Waals surface area contributed by atoms with E-state index in [1.54, 1.807) is 6.07 Å². The van der Waals surface area contributed by atoms with Gasteiger partial charge < -0.3 is 9.84 Å². The van der Waals surface area contributed by atoms with Gasteiger partial charge in [-0.15, -0.1) is 11.8 Å². The molecule has 1 unspecified atom stereocenters. The molecule has 0 bridgehead atoms. The second-order valence-electron chi connectivity index (χ2n) is 5.33. The monoisotopic (exact) mass is 303 g/mol. The molecule has 1 saturated heterocycles. The normalized spacial score (nSPS) is 20.0. The summed E-state index contributed by atoms with van der Waals surface area (Å²) in [4.78, 5) is 3.64. The van der Waals surface area contributed by atoms with Gasteiger partial charge in [0.2, 0.25) is 0 Å². The van der Waals surface area contributed by atoms with E-state index in [4.69, 9.17) is 4.74 Å². The molecule has 1 N–H and O–H groups in total. The van der Waals surface area contributed by atoms with Crippen LogP contribution >= 0.6 is 11.8 Å². The molecule has 2 aromatic carbocycles. The van der Waals surface area contributed by atoms with E-state index in [0.717, 1.165) is 42.8 Å². The van der Waals surface area contributed by atoms with Crippen molar-refractivity contribution in [2.75, 3.05) is 32.0 Å². The van der Waals surface area contributed by atoms with Gasteiger partial charge in [-0.1, -0.05) is 31.2 Å². The fraction of sp³-hybridized carbons (Fsp3) is 0.412. The minimum Gasteiger partial charge on any atom is -0.507 e. The molecule has 0 aliphatic carbocycles. The zero-order chi connectivity index (χ0) is 14.7. The summed E-state index contributed by atoms with van der Waals surface area (Å²) in [6.45, 7) is 6.17. The lowest BCUT2D eigenvalue weighted by molar-refractivity contribution is -0.0137. The number of fused-ring (bicyclic) bond motifs is 1. The maximum Gasteiger partial charge on any atom is 0.123 e. The van der Waals surface area contributed by atoms with Crippen LogP contribution in [-0.4, -0.2) is 48.1 Å². The number of ether oxygens (including phenoxy) is 1. The molecule has 0 spiro atoms. The number of nitrogens with zero attached hydrogens (tertiary/aromatic N) is 1. The third-order valence-electron chi connectivity index (χ3n) is 3.96. The molecule has 112 valence electrons. The number of benzene rings is 2. The number of thioether (sulfide) groups is 1. The van der Waals surface area contributed by atoms with Crippen molar-refractivity contribution in [2.24, 2.45) is 0 Å². The lowest BCUT2D eigenvalue weighted by Crippen LogP contribution is -2.43. The van der Waals surface area contributed by atoms with Crippen LogP contribution in [0.3, 0.4) is 0 Å². The molecule has 0 saturated carbocycles. The number of hydrogen-bond acceptors (Lipinski definition) is 4. The zero-order valence-electron chi connectivity index (χ0n) is 12.3. The Hall–Kier alpha value is -1.23. The molecular weight excluding hydrogens is 282 g/mol. The smallest absolute Gasteiger partial charge is 0.123 e. The van der Waals surface area contributed by atoms with Crippen LogP contribution < -0.4 is 0 Å². The molecule has 2 aromatic rings. The molecule has 3 nitrogen and oxygen atoms in total. The van der Waals surface area contributed by atoms with E-state index >= 15 is 0 Å². The molecule has 3 rings (SSSR count). The van der Waals surface area contributed by atoms with E-state index in [-0.39, 0.29) is 6.10 Å². The fourth-order valence-corrected chi connectivity index (χ4v) is 3.80. The highest BCUT2D eigenvalue weighted by Crippen LogP contribution is 2.33. The Morgan fingerprint density at radius 1 is 1.24 bits per heavy atom. The molecule has 1 atom stereocenters. The Kier molecular flexibility index (Phi) is 4.68.